The van der Waals surface area contributed by atoms with Crippen LogP contribution in [0.15, 0.2) is 18.2 Å². The van der Waals surface area contributed by atoms with Gasteiger partial charge in [-0.15, -0.1) is 0 Å². The molecule has 1 aromatic carbocycles. The molecule has 0 amide bonds. The molecule has 1 atom stereocenters. The molecule has 2 N–H and O–H groups in total. The van der Waals surface area contributed by atoms with E-state index >= 15 is 0 Å². The number of halogens is 2. The van der Waals surface area contributed by atoms with E-state index in [0.717, 1.165) is 6.07 Å². The van der Waals surface area contributed by atoms with Gasteiger partial charge in [-0.25, -0.2) is 17.5 Å². The predicted octanol–water partition coefficient (Wildman–Crippen LogP) is 1.45. The average molecular weight is 282 g/mol. The highest BCUT2D eigenvalue weighted by Crippen LogP contribution is 2.19. The second-order valence-corrected chi connectivity index (χ2v) is 5.94. The van der Waals surface area contributed by atoms with Gasteiger partial charge in [0.2, 0.25) is 10.0 Å². The Morgan fingerprint density at radius 2 is 2.18 bits per heavy atom. The van der Waals surface area contributed by atoms with Gasteiger partial charge in [-0.05, 0) is 24.6 Å². The van der Waals surface area contributed by atoms with E-state index in [0.29, 0.717) is 0 Å². The molecular formula is C10H13ClFNO3S. The van der Waals surface area contributed by atoms with E-state index in [1.165, 1.54) is 19.1 Å². The van der Waals surface area contributed by atoms with E-state index in [4.69, 9.17) is 11.6 Å². The van der Waals surface area contributed by atoms with Crippen LogP contribution in [0.4, 0.5) is 4.39 Å². The van der Waals surface area contributed by atoms with Crippen molar-refractivity contribution >= 4 is 21.6 Å². The molecule has 1 unspecified atom stereocenters. The van der Waals surface area contributed by atoms with Crippen molar-refractivity contribution in [2.75, 3.05) is 12.3 Å². The molecular weight excluding hydrogens is 269 g/mol. The first-order chi connectivity index (χ1) is 7.85. The highest BCUT2D eigenvalue weighted by molar-refractivity contribution is 7.89. The van der Waals surface area contributed by atoms with Crippen LogP contribution in [0.3, 0.4) is 0 Å². The SMILES string of the molecule is CCS(=O)(=O)NCC(O)c1ccc(Cl)c(F)c1. The molecule has 17 heavy (non-hydrogen) atoms. The molecule has 0 spiro atoms. The number of hydrogen-bond acceptors (Lipinski definition) is 3. The van der Waals surface area contributed by atoms with Gasteiger partial charge in [-0.2, -0.15) is 0 Å². The zero-order valence-electron chi connectivity index (χ0n) is 9.15. The highest BCUT2D eigenvalue weighted by Gasteiger charge is 2.13. The fourth-order valence-corrected chi connectivity index (χ4v) is 1.88. The Bertz CT molecular complexity index is 492. The standard InChI is InChI=1S/C10H13ClFNO3S/c1-2-17(15,16)13-6-10(14)7-3-4-8(11)9(12)5-7/h3-5,10,13-14H,2,6H2,1H3. The summed E-state index contributed by atoms with van der Waals surface area (Å²) in [5, 5.41) is 9.61. The van der Waals surface area contributed by atoms with Gasteiger partial charge in [0.15, 0.2) is 0 Å². The van der Waals surface area contributed by atoms with Crippen molar-refractivity contribution in [3.05, 3.63) is 34.6 Å². The lowest BCUT2D eigenvalue weighted by molar-refractivity contribution is 0.181. The fraction of sp³-hybridized carbons (Fsp3) is 0.400. The molecule has 96 valence electrons. The largest absolute Gasteiger partial charge is 0.387 e. The summed E-state index contributed by atoms with van der Waals surface area (Å²) in [6.45, 7) is 1.29. The topological polar surface area (TPSA) is 66.4 Å². The zero-order valence-corrected chi connectivity index (χ0v) is 10.7. The summed E-state index contributed by atoms with van der Waals surface area (Å²) in [6.07, 6.45) is -1.11. The molecule has 1 aromatic rings. The van der Waals surface area contributed by atoms with E-state index in [9.17, 15) is 17.9 Å². The lowest BCUT2D eigenvalue weighted by Crippen LogP contribution is -2.29. The first-order valence-electron chi connectivity index (χ1n) is 4.96. The molecule has 0 fully saturated rings. The Balaban J connectivity index is 2.70. The molecule has 0 radical (unpaired) electrons. The molecule has 0 saturated carbocycles. The lowest BCUT2D eigenvalue weighted by Gasteiger charge is -2.12. The number of aliphatic hydroxyl groups is 1. The number of nitrogens with one attached hydrogen (secondary N) is 1. The maximum atomic E-state index is 13.1. The van der Waals surface area contributed by atoms with Crippen LogP contribution in [0.1, 0.15) is 18.6 Å². The van der Waals surface area contributed by atoms with Crippen molar-refractivity contribution in [2.24, 2.45) is 0 Å². The van der Waals surface area contributed by atoms with E-state index in [1.807, 2.05) is 0 Å². The predicted molar refractivity (Wildman–Crippen MR) is 63.8 cm³/mol. The number of hydrogen-bond donors (Lipinski definition) is 2. The molecule has 7 heteroatoms. The monoisotopic (exact) mass is 281 g/mol. The first-order valence-corrected chi connectivity index (χ1v) is 6.99. The van der Waals surface area contributed by atoms with E-state index in [1.54, 1.807) is 0 Å². The van der Waals surface area contributed by atoms with Crippen molar-refractivity contribution in [3.63, 3.8) is 0 Å². The van der Waals surface area contributed by atoms with E-state index in [2.05, 4.69) is 4.72 Å². The van der Waals surface area contributed by atoms with Gasteiger partial charge < -0.3 is 5.11 Å². The molecule has 0 heterocycles. The molecule has 0 aliphatic heterocycles. The Labute approximate surface area is 104 Å². The maximum Gasteiger partial charge on any atom is 0.211 e. The molecule has 1 rings (SSSR count). The fourth-order valence-electron chi connectivity index (χ4n) is 1.15. The maximum absolute atomic E-state index is 13.1. The minimum atomic E-state index is -3.37. The normalized spacial score (nSPS) is 13.6. The molecule has 0 saturated heterocycles. The van der Waals surface area contributed by atoms with Crippen molar-refractivity contribution < 1.29 is 17.9 Å². The minimum absolute atomic E-state index is 0.0462. The summed E-state index contributed by atoms with van der Waals surface area (Å²) in [5.41, 5.74) is 0.269. The summed E-state index contributed by atoms with van der Waals surface area (Å²) < 4.78 is 37.6. The van der Waals surface area contributed by atoms with Gasteiger partial charge in [0.25, 0.3) is 0 Å². The first kappa shape index (κ1) is 14.4. The van der Waals surface area contributed by atoms with Gasteiger partial charge in [0.1, 0.15) is 5.82 Å². The third-order valence-corrected chi connectivity index (χ3v) is 3.88. The third-order valence-electron chi connectivity index (χ3n) is 2.21. The zero-order chi connectivity index (χ0) is 13.1. The van der Waals surface area contributed by atoms with Crippen LogP contribution in [0, 0.1) is 5.82 Å². The summed E-state index contributed by atoms with van der Waals surface area (Å²) in [7, 11) is -3.37. The van der Waals surface area contributed by atoms with Crippen molar-refractivity contribution in [2.45, 2.75) is 13.0 Å². The summed E-state index contributed by atoms with van der Waals surface area (Å²) in [4.78, 5) is 0. The number of aliphatic hydroxyl groups excluding tert-OH is 1. The van der Waals surface area contributed by atoms with Crippen LogP contribution >= 0.6 is 11.6 Å². The second kappa shape index (κ2) is 5.77. The quantitative estimate of drug-likeness (QED) is 0.858. The molecule has 0 aliphatic carbocycles. The van der Waals surface area contributed by atoms with Crippen LogP contribution in [0.5, 0.6) is 0 Å². The Kier molecular flexibility index (Phi) is 4.88. The van der Waals surface area contributed by atoms with Crippen LogP contribution in [0.25, 0.3) is 0 Å². The summed E-state index contributed by atoms with van der Waals surface area (Å²) >= 11 is 5.49. The highest BCUT2D eigenvalue weighted by atomic mass is 35.5. The third kappa shape index (κ3) is 4.23. The van der Waals surface area contributed by atoms with Gasteiger partial charge in [-0.3, -0.25) is 0 Å². The van der Waals surface area contributed by atoms with E-state index in [-0.39, 0.29) is 22.9 Å². The number of benzene rings is 1. The van der Waals surface area contributed by atoms with Gasteiger partial charge >= 0.3 is 0 Å². The van der Waals surface area contributed by atoms with Gasteiger partial charge in [0, 0.05) is 6.54 Å². The van der Waals surface area contributed by atoms with Crippen molar-refractivity contribution in [1.82, 2.24) is 4.72 Å². The van der Waals surface area contributed by atoms with Crippen LogP contribution in [-0.4, -0.2) is 25.8 Å². The minimum Gasteiger partial charge on any atom is -0.387 e. The Hall–Kier alpha value is -0.690. The lowest BCUT2D eigenvalue weighted by atomic mass is 10.1. The van der Waals surface area contributed by atoms with E-state index < -0.39 is 21.9 Å². The van der Waals surface area contributed by atoms with Crippen molar-refractivity contribution in [1.29, 1.82) is 0 Å². The number of rotatable bonds is 5. The average Bonchev–Trinajstić information content (AvgIpc) is 2.30. The second-order valence-electron chi connectivity index (χ2n) is 3.44. The molecule has 4 nitrogen and oxygen atoms in total. The molecule has 0 aromatic heterocycles. The smallest absolute Gasteiger partial charge is 0.211 e. The number of sulfonamides is 1. The summed E-state index contributed by atoms with van der Waals surface area (Å²) in [6, 6.07) is 3.83. The van der Waals surface area contributed by atoms with Crippen molar-refractivity contribution in [3.8, 4) is 0 Å². The molecule has 0 bridgehead atoms. The van der Waals surface area contributed by atoms with Crippen LogP contribution in [0.2, 0.25) is 5.02 Å². The Morgan fingerprint density at radius 1 is 1.53 bits per heavy atom. The summed E-state index contributed by atoms with van der Waals surface area (Å²) in [5.74, 6) is -0.726. The molecule has 0 aliphatic rings. The van der Waals surface area contributed by atoms with Gasteiger partial charge in [0.05, 0.1) is 16.9 Å². The van der Waals surface area contributed by atoms with Crippen LogP contribution < -0.4 is 4.72 Å². The Morgan fingerprint density at radius 3 is 2.71 bits per heavy atom. The van der Waals surface area contributed by atoms with Gasteiger partial charge in [-0.1, -0.05) is 17.7 Å². The van der Waals surface area contributed by atoms with Crippen LogP contribution in [-0.2, 0) is 10.0 Å².